The minimum absolute atomic E-state index is 0.00894. The van der Waals surface area contributed by atoms with Crippen LogP contribution in [0, 0.1) is 17.8 Å². The van der Waals surface area contributed by atoms with Crippen molar-refractivity contribution in [2.24, 2.45) is 17.8 Å². The van der Waals surface area contributed by atoms with Gasteiger partial charge in [-0.3, -0.25) is 4.90 Å². The van der Waals surface area contributed by atoms with Crippen LogP contribution in [0.15, 0.2) is 18.2 Å². The van der Waals surface area contributed by atoms with Crippen LogP contribution < -0.4 is 14.2 Å². The lowest BCUT2D eigenvalue weighted by atomic mass is 9.72. The van der Waals surface area contributed by atoms with Gasteiger partial charge in [0.15, 0.2) is 11.5 Å². The number of ether oxygens (including phenoxy) is 3. The van der Waals surface area contributed by atoms with Crippen LogP contribution in [0.1, 0.15) is 142 Å². The molecule has 48 heavy (non-hydrogen) atoms. The number of hydroxylamine groups is 4. The molecular weight excluding hydrogens is 602 g/mol. The van der Waals surface area contributed by atoms with Crippen LogP contribution >= 0.6 is 0 Å². The minimum Gasteiger partial charge on any atom is -0.490 e. The van der Waals surface area contributed by atoms with Gasteiger partial charge < -0.3 is 24.6 Å². The predicted octanol–water partition coefficient (Wildman–Crippen LogP) is 9.20. The molecule has 2 N–H and O–H groups in total. The summed E-state index contributed by atoms with van der Waals surface area (Å²) in [5, 5.41) is 25.7. The van der Waals surface area contributed by atoms with Crippen molar-refractivity contribution in [2.45, 2.75) is 194 Å². The standard InChI is InChI=1S/C40H71N3O5/c1-26(2)38(13)23-31(20-35(7,8)41(38)16)47-33-18-17-29(46-30-21-36(9,10)42(44)39(14,24-30)27(3)4)19-34(33)48-32-22-37(11,12)43(45)40(15,25-32)28(5)6/h17-19,26-28,30-32,44-45H,20-25H2,1-16H3. The van der Waals surface area contributed by atoms with E-state index in [-0.39, 0.29) is 41.2 Å². The van der Waals surface area contributed by atoms with Crippen molar-refractivity contribution >= 4 is 0 Å². The van der Waals surface area contributed by atoms with Crippen LogP contribution in [-0.4, -0.2) is 84.0 Å². The number of likely N-dealkylation sites (tertiary alicyclic amines) is 1. The van der Waals surface area contributed by atoms with E-state index in [1.165, 1.54) is 0 Å². The maximum absolute atomic E-state index is 11.3. The molecule has 276 valence electrons. The fraction of sp³-hybridized carbons (Fsp3) is 0.850. The molecular formula is C40H71N3O5. The van der Waals surface area contributed by atoms with Gasteiger partial charge >= 0.3 is 0 Å². The van der Waals surface area contributed by atoms with Crippen molar-refractivity contribution in [1.29, 1.82) is 0 Å². The topological polar surface area (TPSA) is 77.9 Å². The first-order valence-corrected chi connectivity index (χ1v) is 18.6. The highest BCUT2D eigenvalue weighted by molar-refractivity contribution is 5.46. The van der Waals surface area contributed by atoms with Gasteiger partial charge in [0.1, 0.15) is 24.1 Å². The molecule has 0 aromatic heterocycles. The van der Waals surface area contributed by atoms with Gasteiger partial charge in [-0.15, -0.1) is 0 Å². The summed E-state index contributed by atoms with van der Waals surface area (Å²) in [5.41, 5.74) is -1.78. The Labute approximate surface area is 293 Å². The summed E-state index contributed by atoms with van der Waals surface area (Å²) in [7, 11) is 2.25. The molecule has 6 unspecified atom stereocenters. The van der Waals surface area contributed by atoms with Crippen LogP contribution in [0.3, 0.4) is 0 Å². The van der Waals surface area contributed by atoms with E-state index in [4.69, 9.17) is 14.2 Å². The molecule has 3 aliphatic heterocycles. The Morgan fingerprint density at radius 2 is 0.917 bits per heavy atom. The molecule has 3 heterocycles. The smallest absolute Gasteiger partial charge is 0.165 e. The average Bonchev–Trinajstić information content (AvgIpc) is 2.94. The molecule has 0 aliphatic carbocycles. The lowest BCUT2D eigenvalue weighted by Crippen LogP contribution is -2.64. The summed E-state index contributed by atoms with van der Waals surface area (Å²) < 4.78 is 20.8. The van der Waals surface area contributed by atoms with Gasteiger partial charge in [0.2, 0.25) is 0 Å². The van der Waals surface area contributed by atoms with Gasteiger partial charge in [-0.05, 0) is 99.2 Å². The van der Waals surface area contributed by atoms with E-state index in [2.05, 4.69) is 116 Å². The highest BCUT2D eigenvalue weighted by atomic mass is 16.5. The van der Waals surface area contributed by atoms with Crippen molar-refractivity contribution in [1.82, 2.24) is 15.0 Å². The third-order valence-electron chi connectivity index (χ3n) is 13.4. The fourth-order valence-electron chi connectivity index (χ4n) is 9.10. The second kappa shape index (κ2) is 13.2. The molecule has 4 rings (SSSR count). The number of hydrogen-bond donors (Lipinski definition) is 2. The maximum atomic E-state index is 11.3. The zero-order chi connectivity index (χ0) is 36.4. The number of piperidine rings is 3. The predicted molar refractivity (Wildman–Crippen MR) is 194 cm³/mol. The fourth-order valence-corrected chi connectivity index (χ4v) is 9.10. The summed E-state index contributed by atoms with van der Waals surface area (Å²) in [6.07, 6.45) is 4.45. The van der Waals surface area contributed by atoms with Crippen molar-refractivity contribution < 1.29 is 24.6 Å². The van der Waals surface area contributed by atoms with Crippen LogP contribution in [0.25, 0.3) is 0 Å². The Balaban J connectivity index is 1.70. The van der Waals surface area contributed by atoms with Crippen LogP contribution in [0.5, 0.6) is 17.2 Å². The number of hydrogen-bond acceptors (Lipinski definition) is 8. The average molecular weight is 674 g/mol. The molecule has 0 amide bonds. The van der Waals surface area contributed by atoms with Crippen molar-refractivity contribution in [3.05, 3.63) is 18.2 Å². The molecule has 0 spiro atoms. The normalized spacial score (nSPS) is 36.1. The lowest BCUT2D eigenvalue weighted by molar-refractivity contribution is -0.272. The molecule has 0 bridgehead atoms. The van der Waals surface area contributed by atoms with E-state index in [1.807, 2.05) is 18.2 Å². The van der Waals surface area contributed by atoms with E-state index in [1.54, 1.807) is 10.1 Å². The van der Waals surface area contributed by atoms with E-state index in [0.29, 0.717) is 37.4 Å². The van der Waals surface area contributed by atoms with Crippen LogP contribution in [0.2, 0.25) is 0 Å². The molecule has 8 nitrogen and oxygen atoms in total. The molecule has 1 aromatic rings. The minimum atomic E-state index is -0.459. The third kappa shape index (κ3) is 7.26. The van der Waals surface area contributed by atoms with Crippen LogP contribution in [-0.2, 0) is 0 Å². The quantitative estimate of drug-likeness (QED) is 0.269. The van der Waals surface area contributed by atoms with Gasteiger partial charge in [0.05, 0.1) is 0 Å². The monoisotopic (exact) mass is 674 g/mol. The molecule has 1 aromatic carbocycles. The summed E-state index contributed by atoms with van der Waals surface area (Å²) in [6.45, 7) is 32.9. The van der Waals surface area contributed by atoms with Gasteiger partial charge in [-0.2, -0.15) is 10.1 Å². The number of rotatable bonds is 9. The first-order chi connectivity index (χ1) is 21.8. The molecule has 0 radical (unpaired) electrons. The Morgan fingerprint density at radius 3 is 1.35 bits per heavy atom. The second-order valence-electron chi connectivity index (χ2n) is 19.2. The highest BCUT2D eigenvalue weighted by Crippen LogP contribution is 2.48. The van der Waals surface area contributed by atoms with Crippen molar-refractivity contribution in [3.8, 4) is 17.2 Å². The molecule has 0 saturated carbocycles. The lowest BCUT2D eigenvalue weighted by Gasteiger charge is -2.56. The Bertz CT molecular complexity index is 1280. The zero-order valence-electron chi connectivity index (χ0n) is 33.4. The summed E-state index contributed by atoms with van der Waals surface area (Å²) in [4.78, 5) is 2.54. The van der Waals surface area contributed by atoms with Crippen molar-refractivity contribution in [2.75, 3.05) is 7.05 Å². The largest absolute Gasteiger partial charge is 0.490 e. The second-order valence-corrected chi connectivity index (χ2v) is 19.2. The molecule has 3 saturated heterocycles. The molecule has 6 atom stereocenters. The summed E-state index contributed by atoms with van der Waals surface area (Å²) in [5.74, 6) is 3.12. The van der Waals surface area contributed by atoms with Gasteiger partial charge in [0.25, 0.3) is 0 Å². The number of benzene rings is 1. The highest BCUT2D eigenvalue weighted by Gasteiger charge is 2.52. The molecule has 8 heteroatoms. The van der Waals surface area contributed by atoms with E-state index < -0.39 is 22.2 Å². The molecule has 3 fully saturated rings. The van der Waals surface area contributed by atoms with E-state index in [0.717, 1.165) is 24.3 Å². The van der Waals surface area contributed by atoms with Crippen molar-refractivity contribution in [3.63, 3.8) is 0 Å². The SMILES string of the molecule is CC(C)C1(C)CC(Oc2ccc(OC3CC(C)(C)N(O)C(C)(C(C)C)C3)cc2OC2CC(C)(C)N(O)C(C)(C(C)C)C2)CC(C)(C)N1C. The Morgan fingerprint density at radius 1 is 0.542 bits per heavy atom. The first kappa shape index (κ1) is 39.2. The van der Waals surface area contributed by atoms with E-state index in [9.17, 15) is 10.4 Å². The zero-order valence-corrected chi connectivity index (χ0v) is 33.4. The molecule has 3 aliphatic rings. The Hall–Kier alpha value is -1.58. The maximum Gasteiger partial charge on any atom is 0.165 e. The summed E-state index contributed by atoms with van der Waals surface area (Å²) in [6, 6.07) is 6.07. The van der Waals surface area contributed by atoms with Gasteiger partial charge in [-0.1, -0.05) is 41.5 Å². The third-order valence-corrected chi connectivity index (χ3v) is 13.4. The van der Waals surface area contributed by atoms with E-state index >= 15 is 0 Å². The van der Waals surface area contributed by atoms with Crippen LogP contribution in [0.4, 0.5) is 0 Å². The van der Waals surface area contributed by atoms with Gasteiger partial charge in [-0.25, -0.2) is 0 Å². The summed E-state index contributed by atoms with van der Waals surface area (Å²) >= 11 is 0. The first-order valence-electron chi connectivity index (χ1n) is 18.6. The number of nitrogens with zero attached hydrogens (tertiary/aromatic N) is 3. The Kier molecular flexibility index (Phi) is 10.8. The van der Waals surface area contributed by atoms with Gasteiger partial charge in [0, 0.05) is 77.8 Å².